The van der Waals surface area contributed by atoms with Gasteiger partial charge in [-0.3, -0.25) is 4.79 Å². The maximum absolute atomic E-state index is 13.1. The minimum atomic E-state index is -0.257. The molecule has 0 saturated heterocycles. The van der Waals surface area contributed by atoms with Crippen molar-refractivity contribution in [1.82, 2.24) is 4.98 Å². The first-order chi connectivity index (χ1) is 14.6. The van der Waals surface area contributed by atoms with E-state index in [-0.39, 0.29) is 11.6 Å². The standard InChI is InChI=1S/C27H20FNO/c1-19-6-11-21(12-7-19)27(30)17-16-24-18-22(25-4-2-3-5-26(25)29-24)13-8-20-9-14-23(28)15-10-20/h2-18H,1H3/b13-8+,17-16+. The minimum absolute atomic E-state index is 0.0617. The summed E-state index contributed by atoms with van der Waals surface area (Å²) in [5.74, 6) is -0.319. The number of hydrogen-bond donors (Lipinski definition) is 0. The second kappa shape index (κ2) is 8.66. The number of pyridine rings is 1. The normalized spacial score (nSPS) is 11.5. The number of ketones is 1. The van der Waals surface area contributed by atoms with E-state index >= 15 is 0 Å². The quantitative estimate of drug-likeness (QED) is 0.277. The third-order valence-electron chi connectivity index (χ3n) is 4.83. The van der Waals surface area contributed by atoms with Crippen molar-refractivity contribution < 1.29 is 9.18 Å². The molecule has 4 aromatic rings. The Bertz CT molecular complexity index is 1250. The van der Waals surface area contributed by atoms with Gasteiger partial charge in [-0.15, -0.1) is 0 Å². The van der Waals surface area contributed by atoms with Gasteiger partial charge in [0, 0.05) is 10.9 Å². The van der Waals surface area contributed by atoms with Crippen LogP contribution in [0.1, 0.15) is 32.7 Å². The fraction of sp³-hybridized carbons (Fsp3) is 0.0370. The largest absolute Gasteiger partial charge is 0.289 e. The lowest BCUT2D eigenvalue weighted by Crippen LogP contribution is -1.94. The van der Waals surface area contributed by atoms with Gasteiger partial charge in [-0.05, 0) is 54.5 Å². The summed E-state index contributed by atoms with van der Waals surface area (Å²) in [5, 5.41) is 1.01. The number of para-hydroxylation sites is 1. The molecule has 0 unspecified atom stereocenters. The zero-order valence-corrected chi connectivity index (χ0v) is 16.5. The van der Waals surface area contributed by atoms with Gasteiger partial charge < -0.3 is 0 Å². The van der Waals surface area contributed by atoms with E-state index in [1.165, 1.54) is 12.1 Å². The predicted molar refractivity (Wildman–Crippen MR) is 122 cm³/mol. The van der Waals surface area contributed by atoms with Crippen molar-refractivity contribution >= 4 is 34.9 Å². The fourth-order valence-electron chi connectivity index (χ4n) is 3.18. The number of halogens is 1. The van der Waals surface area contributed by atoms with Gasteiger partial charge >= 0.3 is 0 Å². The minimum Gasteiger partial charge on any atom is -0.289 e. The highest BCUT2D eigenvalue weighted by molar-refractivity contribution is 6.07. The summed E-state index contributed by atoms with van der Waals surface area (Å²) in [7, 11) is 0. The van der Waals surface area contributed by atoms with E-state index in [1.807, 2.05) is 73.7 Å². The summed E-state index contributed by atoms with van der Waals surface area (Å²) in [6.45, 7) is 1.99. The Morgan fingerprint density at radius 2 is 1.60 bits per heavy atom. The number of aryl methyl sites for hydroxylation is 1. The molecule has 4 rings (SSSR count). The highest BCUT2D eigenvalue weighted by atomic mass is 19.1. The van der Waals surface area contributed by atoms with Gasteiger partial charge in [0.1, 0.15) is 5.82 Å². The number of nitrogens with zero attached hydrogens (tertiary/aromatic N) is 1. The summed E-state index contributed by atoms with van der Waals surface area (Å²) >= 11 is 0. The number of carbonyl (C=O) groups excluding carboxylic acids is 1. The molecule has 3 aromatic carbocycles. The van der Waals surface area contributed by atoms with Crippen molar-refractivity contribution in [3.63, 3.8) is 0 Å². The Labute approximate surface area is 175 Å². The highest BCUT2D eigenvalue weighted by Gasteiger charge is 2.04. The number of carbonyl (C=O) groups is 1. The number of aromatic nitrogens is 1. The molecule has 30 heavy (non-hydrogen) atoms. The Morgan fingerprint density at radius 3 is 2.37 bits per heavy atom. The van der Waals surface area contributed by atoms with Crippen LogP contribution in [0.15, 0.2) is 84.9 Å². The van der Waals surface area contributed by atoms with Gasteiger partial charge in [-0.1, -0.05) is 72.3 Å². The Morgan fingerprint density at radius 1 is 0.867 bits per heavy atom. The van der Waals surface area contributed by atoms with Gasteiger partial charge in [0.15, 0.2) is 5.78 Å². The molecule has 0 fully saturated rings. The summed E-state index contributed by atoms with van der Waals surface area (Å²) in [4.78, 5) is 17.1. The molecular formula is C27H20FNO. The molecule has 0 saturated carbocycles. The predicted octanol–water partition coefficient (Wildman–Crippen LogP) is 6.75. The van der Waals surface area contributed by atoms with Crippen LogP contribution in [0.5, 0.6) is 0 Å². The molecule has 1 heterocycles. The smallest absolute Gasteiger partial charge is 0.185 e. The van der Waals surface area contributed by atoms with E-state index in [2.05, 4.69) is 4.98 Å². The van der Waals surface area contributed by atoms with Crippen molar-refractivity contribution in [3.8, 4) is 0 Å². The van der Waals surface area contributed by atoms with Crippen molar-refractivity contribution in [3.05, 3.63) is 119 Å². The second-order valence-electron chi connectivity index (χ2n) is 7.10. The molecule has 2 nitrogen and oxygen atoms in total. The third-order valence-corrected chi connectivity index (χ3v) is 4.83. The highest BCUT2D eigenvalue weighted by Crippen LogP contribution is 2.22. The summed E-state index contributed by atoms with van der Waals surface area (Å²) in [5.41, 5.74) is 5.20. The van der Waals surface area contributed by atoms with E-state index in [4.69, 9.17) is 0 Å². The van der Waals surface area contributed by atoms with Crippen LogP contribution in [-0.2, 0) is 0 Å². The van der Waals surface area contributed by atoms with Crippen LogP contribution in [0.3, 0.4) is 0 Å². The van der Waals surface area contributed by atoms with Crippen LogP contribution in [0, 0.1) is 12.7 Å². The first kappa shape index (κ1) is 19.5. The van der Waals surface area contributed by atoms with Gasteiger partial charge in [0.2, 0.25) is 0 Å². The van der Waals surface area contributed by atoms with Gasteiger partial charge in [-0.25, -0.2) is 9.37 Å². The van der Waals surface area contributed by atoms with E-state index in [9.17, 15) is 9.18 Å². The molecule has 0 spiro atoms. The molecule has 0 aliphatic heterocycles. The van der Waals surface area contributed by atoms with Gasteiger partial charge in [0.25, 0.3) is 0 Å². The van der Waals surface area contributed by atoms with E-state index in [0.717, 1.165) is 27.6 Å². The molecule has 0 atom stereocenters. The molecule has 0 N–H and O–H groups in total. The molecule has 0 aliphatic carbocycles. The summed E-state index contributed by atoms with van der Waals surface area (Å²) in [6.07, 6.45) is 7.21. The number of benzene rings is 3. The van der Waals surface area contributed by atoms with Crippen LogP contribution in [0.4, 0.5) is 4.39 Å². The van der Waals surface area contributed by atoms with Crippen LogP contribution >= 0.6 is 0 Å². The average molecular weight is 393 g/mol. The summed E-state index contributed by atoms with van der Waals surface area (Å²) in [6, 6.07) is 23.7. The SMILES string of the molecule is Cc1ccc(C(=O)/C=C/c2cc(/C=C/c3ccc(F)cc3)c3ccccc3n2)cc1. The van der Waals surface area contributed by atoms with E-state index in [1.54, 1.807) is 24.3 Å². The second-order valence-corrected chi connectivity index (χ2v) is 7.10. The lowest BCUT2D eigenvalue weighted by atomic mass is 10.0. The van der Waals surface area contributed by atoms with Crippen LogP contribution in [-0.4, -0.2) is 10.8 Å². The lowest BCUT2D eigenvalue weighted by molar-refractivity contribution is 0.104. The molecule has 0 radical (unpaired) electrons. The maximum Gasteiger partial charge on any atom is 0.185 e. The van der Waals surface area contributed by atoms with Crippen LogP contribution in [0.2, 0.25) is 0 Å². The topological polar surface area (TPSA) is 30.0 Å². The van der Waals surface area contributed by atoms with E-state index < -0.39 is 0 Å². The van der Waals surface area contributed by atoms with Gasteiger partial charge in [-0.2, -0.15) is 0 Å². The Kier molecular flexibility index (Phi) is 5.62. The number of allylic oxidation sites excluding steroid dienone is 1. The number of rotatable bonds is 5. The van der Waals surface area contributed by atoms with Crippen LogP contribution in [0.25, 0.3) is 29.1 Å². The first-order valence-electron chi connectivity index (χ1n) is 9.71. The first-order valence-corrected chi connectivity index (χ1v) is 9.71. The fourth-order valence-corrected chi connectivity index (χ4v) is 3.18. The summed E-state index contributed by atoms with van der Waals surface area (Å²) < 4.78 is 13.1. The van der Waals surface area contributed by atoms with E-state index in [0.29, 0.717) is 11.3 Å². The van der Waals surface area contributed by atoms with Gasteiger partial charge in [0.05, 0.1) is 11.2 Å². The molecule has 0 amide bonds. The molecule has 1 aromatic heterocycles. The molecule has 0 aliphatic rings. The van der Waals surface area contributed by atoms with Crippen molar-refractivity contribution in [2.24, 2.45) is 0 Å². The third kappa shape index (κ3) is 4.58. The maximum atomic E-state index is 13.1. The van der Waals surface area contributed by atoms with Crippen LogP contribution < -0.4 is 0 Å². The Hall–Kier alpha value is -3.85. The molecule has 0 bridgehead atoms. The zero-order chi connectivity index (χ0) is 20.9. The molecule has 146 valence electrons. The van der Waals surface area contributed by atoms with Crippen molar-refractivity contribution in [1.29, 1.82) is 0 Å². The van der Waals surface area contributed by atoms with Crippen molar-refractivity contribution in [2.75, 3.05) is 0 Å². The lowest BCUT2D eigenvalue weighted by Gasteiger charge is -2.05. The number of fused-ring (bicyclic) bond motifs is 1. The monoisotopic (exact) mass is 393 g/mol. The van der Waals surface area contributed by atoms with Crippen molar-refractivity contribution in [2.45, 2.75) is 6.92 Å². The molecular weight excluding hydrogens is 373 g/mol. The molecule has 3 heteroatoms. The average Bonchev–Trinajstić information content (AvgIpc) is 2.77. The zero-order valence-electron chi connectivity index (χ0n) is 16.5. The Balaban J connectivity index is 1.66. The number of hydrogen-bond acceptors (Lipinski definition) is 2.